The van der Waals surface area contributed by atoms with Crippen molar-refractivity contribution in [2.24, 2.45) is 0 Å². The Kier molecular flexibility index (Phi) is 2.79. The Hall–Kier alpha value is -0.540. The molecule has 2 rings (SSSR count). The number of hydrogen-bond donors (Lipinski definition) is 2. The summed E-state index contributed by atoms with van der Waals surface area (Å²) < 4.78 is 5.18. The van der Waals surface area contributed by atoms with E-state index in [1.165, 1.54) is 12.8 Å². The molecular formula is C11H19NO2. The Bertz CT molecular complexity index is 229. The summed E-state index contributed by atoms with van der Waals surface area (Å²) in [5, 5.41) is 13.8. The molecule has 0 saturated carbocycles. The van der Waals surface area contributed by atoms with Crippen molar-refractivity contribution in [2.75, 3.05) is 13.2 Å². The molecule has 0 bridgehead atoms. The summed E-state index contributed by atoms with van der Waals surface area (Å²) in [5.41, 5.74) is 0.314. The average molecular weight is 197 g/mol. The highest BCUT2D eigenvalue weighted by Crippen LogP contribution is 2.30. The topological polar surface area (TPSA) is 41.5 Å². The first kappa shape index (κ1) is 9.99. The lowest BCUT2D eigenvalue weighted by atomic mass is 9.83. The van der Waals surface area contributed by atoms with Crippen molar-refractivity contribution >= 4 is 0 Å². The molecule has 0 amide bonds. The van der Waals surface area contributed by atoms with Crippen LogP contribution in [-0.2, 0) is 4.74 Å². The zero-order valence-electron chi connectivity index (χ0n) is 8.75. The molecule has 0 spiro atoms. The van der Waals surface area contributed by atoms with Gasteiger partial charge in [0, 0.05) is 18.0 Å². The maximum atomic E-state index is 10.4. The van der Waals surface area contributed by atoms with E-state index in [4.69, 9.17) is 4.74 Å². The largest absolute Gasteiger partial charge is 0.501 e. The minimum absolute atomic E-state index is 0.198. The summed E-state index contributed by atoms with van der Waals surface area (Å²) in [4.78, 5) is 0. The highest BCUT2D eigenvalue weighted by atomic mass is 16.5. The van der Waals surface area contributed by atoms with Gasteiger partial charge in [-0.15, -0.1) is 0 Å². The third kappa shape index (κ3) is 1.79. The summed E-state index contributed by atoms with van der Waals surface area (Å²) in [6.07, 6.45) is 6.09. The van der Waals surface area contributed by atoms with Crippen molar-refractivity contribution in [3.8, 4) is 0 Å². The highest BCUT2D eigenvalue weighted by Gasteiger charge is 2.37. The molecule has 0 aromatic carbocycles. The van der Waals surface area contributed by atoms with Gasteiger partial charge in [0.15, 0.2) is 0 Å². The molecule has 2 heterocycles. The molecule has 0 aromatic heterocycles. The van der Waals surface area contributed by atoms with Crippen molar-refractivity contribution in [1.29, 1.82) is 0 Å². The van der Waals surface area contributed by atoms with E-state index in [9.17, 15) is 5.11 Å². The fourth-order valence-corrected chi connectivity index (χ4v) is 2.32. The van der Waals surface area contributed by atoms with Crippen LogP contribution in [0.5, 0.6) is 0 Å². The maximum Gasteiger partial charge on any atom is 0.101 e. The van der Waals surface area contributed by atoms with Crippen LogP contribution in [0.25, 0.3) is 0 Å². The van der Waals surface area contributed by atoms with E-state index in [0.29, 0.717) is 0 Å². The molecular weight excluding hydrogens is 178 g/mol. The fourth-order valence-electron chi connectivity index (χ4n) is 2.32. The molecule has 0 radical (unpaired) electrons. The standard InChI is InChI=1S/C11H19NO2/c1-11(13,9-5-7-14-8-9)10-4-2-3-6-12-10/h8,10,12-13H,2-7H2,1H3. The molecule has 2 N–H and O–H groups in total. The van der Waals surface area contributed by atoms with Crippen molar-refractivity contribution in [3.05, 3.63) is 11.8 Å². The number of nitrogens with one attached hydrogen (secondary N) is 1. The van der Waals surface area contributed by atoms with Crippen LogP contribution in [0.4, 0.5) is 0 Å². The molecule has 2 atom stereocenters. The molecule has 1 saturated heterocycles. The van der Waals surface area contributed by atoms with Gasteiger partial charge in [-0.05, 0) is 26.3 Å². The van der Waals surface area contributed by atoms with Crippen LogP contribution in [0.3, 0.4) is 0 Å². The van der Waals surface area contributed by atoms with Gasteiger partial charge in [-0.2, -0.15) is 0 Å². The SMILES string of the molecule is CC(O)(C1=COCC1)C1CCCCN1. The van der Waals surface area contributed by atoms with E-state index < -0.39 is 5.60 Å². The molecule has 0 aliphatic carbocycles. The quantitative estimate of drug-likeness (QED) is 0.698. The molecule has 3 heteroatoms. The van der Waals surface area contributed by atoms with E-state index in [-0.39, 0.29) is 6.04 Å². The van der Waals surface area contributed by atoms with Gasteiger partial charge in [-0.25, -0.2) is 0 Å². The highest BCUT2D eigenvalue weighted by molar-refractivity contribution is 5.19. The molecule has 2 unspecified atom stereocenters. The van der Waals surface area contributed by atoms with Gasteiger partial charge < -0.3 is 15.2 Å². The Labute approximate surface area is 85.1 Å². The summed E-state index contributed by atoms with van der Waals surface area (Å²) >= 11 is 0. The van der Waals surface area contributed by atoms with Crippen LogP contribution < -0.4 is 5.32 Å². The number of rotatable bonds is 2. The predicted octanol–water partition coefficient (Wildman–Crippen LogP) is 1.18. The van der Waals surface area contributed by atoms with Crippen molar-refractivity contribution < 1.29 is 9.84 Å². The molecule has 2 aliphatic heterocycles. The monoisotopic (exact) mass is 197 g/mol. The zero-order chi connectivity index (χ0) is 10.0. The molecule has 2 aliphatic rings. The van der Waals surface area contributed by atoms with Gasteiger partial charge in [-0.3, -0.25) is 0 Å². The smallest absolute Gasteiger partial charge is 0.101 e. The Morgan fingerprint density at radius 1 is 1.57 bits per heavy atom. The van der Waals surface area contributed by atoms with Crippen LogP contribution in [0.1, 0.15) is 32.6 Å². The predicted molar refractivity (Wildman–Crippen MR) is 54.9 cm³/mol. The van der Waals surface area contributed by atoms with Crippen molar-refractivity contribution in [2.45, 2.75) is 44.2 Å². The van der Waals surface area contributed by atoms with Gasteiger partial charge in [0.1, 0.15) is 5.60 Å². The molecule has 0 aromatic rings. The van der Waals surface area contributed by atoms with E-state index in [0.717, 1.165) is 31.6 Å². The Balaban J connectivity index is 2.05. The maximum absolute atomic E-state index is 10.4. The third-order valence-electron chi connectivity index (χ3n) is 3.35. The van der Waals surface area contributed by atoms with Crippen LogP contribution in [0.2, 0.25) is 0 Å². The summed E-state index contributed by atoms with van der Waals surface area (Å²) in [7, 11) is 0. The molecule has 1 fully saturated rings. The fraction of sp³-hybridized carbons (Fsp3) is 0.818. The van der Waals surface area contributed by atoms with E-state index in [1.54, 1.807) is 6.26 Å². The summed E-state index contributed by atoms with van der Waals surface area (Å²) in [6, 6.07) is 0.198. The molecule has 14 heavy (non-hydrogen) atoms. The van der Waals surface area contributed by atoms with Gasteiger partial charge in [0.2, 0.25) is 0 Å². The van der Waals surface area contributed by atoms with Crippen LogP contribution in [0, 0.1) is 0 Å². The van der Waals surface area contributed by atoms with Crippen molar-refractivity contribution in [3.63, 3.8) is 0 Å². The Morgan fingerprint density at radius 2 is 2.43 bits per heavy atom. The van der Waals surface area contributed by atoms with Crippen molar-refractivity contribution in [1.82, 2.24) is 5.32 Å². The zero-order valence-corrected chi connectivity index (χ0v) is 8.75. The van der Waals surface area contributed by atoms with Gasteiger partial charge in [0.25, 0.3) is 0 Å². The third-order valence-corrected chi connectivity index (χ3v) is 3.35. The normalized spacial score (nSPS) is 31.9. The second kappa shape index (κ2) is 3.91. The van der Waals surface area contributed by atoms with Crippen LogP contribution in [-0.4, -0.2) is 29.9 Å². The minimum atomic E-state index is -0.725. The van der Waals surface area contributed by atoms with E-state index >= 15 is 0 Å². The number of ether oxygens (including phenoxy) is 1. The minimum Gasteiger partial charge on any atom is -0.501 e. The number of piperidine rings is 1. The number of aliphatic hydroxyl groups is 1. The second-order valence-electron chi connectivity index (χ2n) is 4.41. The van der Waals surface area contributed by atoms with E-state index in [1.807, 2.05) is 6.92 Å². The molecule has 80 valence electrons. The first-order chi connectivity index (χ1) is 6.71. The first-order valence-electron chi connectivity index (χ1n) is 5.48. The second-order valence-corrected chi connectivity index (χ2v) is 4.41. The number of hydrogen-bond acceptors (Lipinski definition) is 3. The van der Waals surface area contributed by atoms with Crippen LogP contribution >= 0.6 is 0 Å². The van der Waals surface area contributed by atoms with Crippen LogP contribution in [0.15, 0.2) is 11.8 Å². The molecule has 3 nitrogen and oxygen atoms in total. The average Bonchev–Trinajstić information content (AvgIpc) is 2.72. The lowest BCUT2D eigenvalue weighted by Crippen LogP contribution is -2.51. The lowest BCUT2D eigenvalue weighted by molar-refractivity contribution is 0.0424. The Morgan fingerprint density at radius 3 is 3.00 bits per heavy atom. The first-order valence-corrected chi connectivity index (χ1v) is 5.48. The summed E-state index contributed by atoms with van der Waals surface area (Å²) in [6.45, 7) is 3.64. The van der Waals surface area contributed by atoms with Gasteiger partial charge >= 0.3 is 0 Å². The summed E-state index contributed by atoms with van der Waals surface area (Å²) in [5.74, 6) is 0. The van der Waals surface area contributed by atoms with Gasteiger partial charge in [0.05, 0.1) is 12.9 Å². The van der Waals surface area contributed by atoms with E-state index in [2.05, 4.69) is 5.32 Å². The van der Waals surface area contributed by atoms with Gasteiger partial charge in [-0.1, -0.05) is 6.42 Å². The lowest BCUT2D eigenvalue weighted by Gasteiger charge is -2.36.